The Hall–Kier alpha value is -1.60. The number of aromatic hydroxyl groups is 2. The van der Waals surface area contributed by atoms with E-state index in [4.69, 9.17) is 9.47 Å². The van der Waals surface area contributed by atoms with E-state index in [1.165, 1.54) is 0 Å². The summed E-state index contributed by atoms with van der Waals surface area (Å²) in [5, 5.41) is 20.4. The molecule has 3 aromatic carbocycles. The molecule has 0 unspecified atom stereocenters. The average Bonchev–Trinajstić information content (AvgIpc) is 2.93. The summed E-state index contributed by atoms with van der Waals surface area (Å²) in [7, 11) is 0. The van der Waals surface area contributed by atoms with Crippen molar-refractivity contribution in [3.63, 3.8) is 0 Å². The van der Waals surface area contributed by atoms with E-state index in [9.17, 15) is 15.0 Å². The molecule has 0 saturated carbocycles. The predicted octanol–water partition coefficient (Wildman–Crippen LogP) is 2.01. The van der Waals surface area contributed by atoms with E-state index >= 15 is 0 Å². The van der Waals surface area contributed by atoms with Crippen LogP contribution in [0, 0.1) is 0 Å². The first-order chi connectivity index (χ1) is 12.9. The molecule has 2 aliphatic rings. The molecule has 2 aliphatic heterocycles. The van der Waals surface area contributed by atoms with Crippen LogP contribution in [0.1, 0.15) is 27.0 Å². The van der Waals surface area contributed by atoms with Gasteiger partial charge in [0.1, 0.15) is 0 Å². The van der Waals surface area contributed by atoms with Crippen molar-refractivity contribution >= 4 is 12.1 Å². The Morgan fingerprint density at radius 1 is 0.815 bits per heavy atom. The van der Waals surface area contributed by atoms with Crippen LogP contribution in [-0.4, -0.2) is 16.2 Å². The number of esters is 1. The quantitative estimate of drug-likeness (QED) is 0.274. The van der Waals surface area contributed by atoms with Gasteiger partial charge in [-0.2, -0.15) is 0 Å². The van der Waals surface area contributed by atoms with Gasteiger partial charge >= 0.3 is 188 Å². The second-order valence-corrected chi connectivity index (χ2v) is 12.6. The molecule has 0 atom stereocenters. The first-order valence-corrected chi connectivity index (χ1v) is 13.8. The molecule has 0 radical (unpaired) electrons. The first kappa shape index (κ1) is 17.5. The first-order valence-electron chi connectivity index (χ1n) is 8.31. The van der Waals surface area contributed by atoms with Crippen LogP contribution in [0.4, 0.5) is 0 Å². The third-order valence-electron chi connectivity index (χ3n) is 5.11. The van der Waals surface area contributed by atoms with Gasteiger partial charge in [-0.15, -0.1) is 0 Å². The summed E-state index contributed by atoms with van der Waals surface area (Å²) in [6.07, 6.45) is 0. The van der Waals surface area contributed by atoms with Crippen LogP contribution in [0.3, 0.4) is 0 Å². The number of ether oxygens (including phenoxy) is 2. The molecule has 1 spiro atoms. The molecule has 3 aromatic rings. The number of hydrogen-bond acceptors (Lipinski definition) is 5. The van der Waals surface area contributed by atoms with E-state index in [0.29, 0.717) is 17.1 Å². The molecular formula is C20H10Hg2O5. The summed E-state index contributed by atoms with van der Waals surface area (Å²) >= 11 is 0.349. The van der Waals surface area contributed by atoms with E-state index in [1.807, 2.05) is 30.3 Å². The molecule has 5 rings (SSSR count). The van der Waals surface area contributed by atoms with Crippen molar-refractivity contribution in [2.45, 2.75) is 5.60 Å². The maximum atomic E-state index is 12.7. The van der Waals surface area contributed by atoms with Crippen LogP contribution in [0.15, 0.2) is 48.5 Å². The Bertz CT molecular complexity index is 1100. The zero-order valence-electron chi connectivity index (χ0n) is 14.2. The third-order valence-corrected chi connectivity index (χ3v) is 9.52. The zero-order valence-corrected chi connectivity index (χ0v) is 25.1. The summed E-state index contributed by atoms with van der Waals surface area (Å²) in [6, 6.07) is 14.3. The van der Waals surface area contributed by atoms with Crippen LogP contribution in [-0.2, 0) is 62.6 Å². The van der Waals surface area contributed by atoms with Crippen molar-refractivity contribution in [1.82, 2.24) is 0 Å². The van der Waals surface area contributed by atoms with Crippen molar-refractivity contribution in [2.24, 2.45) is 0 Å². The predicted molar refractivity (Wildman–Crippen MR) is 87.3 cm³/mol. The van der Waals surface area contributed by atoms with Crippen LogP contribution >= 0.6 is 0 Å². The van der Waals surface area contributed by atoms with Gasteiger partial charge < -0.3 is 0 Å². The monoisotopic (exact) mass is 734 g/mol. The van der Waals surface area contributed by atoms with Gasteiger partial charge in [0.05, 0.1) is 0 Å². The molecule has 0 saturated heterocycles. The zero-order chi connectivity index (χ0) is 18.9. The van der Waals surface area contributed by atoms with Crippen molar-refractivity contribution < 1.29 is 76.7 Å². The van der Waals surface area contributed by atoms with Crippen LogP contribution < -0.4 is 10.9 Å². The number of rotatable bonds is 0. The fourth-order valence-electron chi connectivity index (χ4n) is 3.83. The Morgan fingerprint density at radius 2 is 1.37 bits per heavy atom. The molecule has 124 valence electrons. The van der Waals surface area contributed by atoms with Crippen molar-refractivity contribution in [1.29, 1.82) is 0 Å². The average molecular weight is 731 g/mol. The van der Waals surface area contributed by atoms with Crippen molar-refractivity contribution in [2.75, 3.05) is 0 Å². The van der Waals surface area contributed by atoms with Gasteiger partial charge in [-0.25, -0.2) is 0 Å². The van der Waals surface area contributed by atoms with E-state index in [0.717, 1.165) is 22.8 Å². The molecule has 0 amide bonds. The summed E-state index contributed by atoms with van der Waals surface area (Å²) < 4.78 is 13.8. The molecule has 2 heterocycles. The molecular weight excluding hydrogens is 721 g/mol. The molecule has 0 bridgehead atoms. The Morgan fingerprint density at radius 3 is 1.96 bits per heavy atom. The molecule has 2 N–H and O–H groups in total. The topological polar surface area (TPSA) is 76.0 Å². The van der Waals surface area contributed by atoms with Gasteiger partial charge in [0.2, 0.25) is 0 Å². The third kappa shape index (κ3) is 2.34. The summed E-state index contributed by atoms with van der Waals surface area (Å²) in [6.45, 7) is 0. The van der Waals surface area contributed by atoms with Gasteiger partial charge in [-0.1, -0.05) is 0 Å². The van der Waals surface area contributed by atoms with Crippen molar-refractivity contribution in [3.8, 4) is 23.0 Å². The number of fused-ring (bicyclic) bond motifs is 6. The van der Waals surface area contributed by atoms with Crippen molar-refractivity contribution in [3.05, 3.63) is 70.8 Å². The minimum absolute atomic E-state index is 0.175. The number of phenols is 2. The van der Waals surface area contributed by atoms with Crippen LogP contribution in [0.2, 0.25) is 0 Å². The molecule has 0 fully saturated rings. The Labute approximate surface area is 186 Å². The van der Waals surface area contributed by atoms with Gasteiger partial charge in [0, 0.05) is 0 Å². The number of hydrogen-bond donors (Lipinski definition) is 2. The molecule has 0 aromatic heterocycles. The number of carbonyl (C=O) groups excluding carboxylic acids is 1. The second-order valence-electron chi connectivity index (χ2n) is 6.67. The molecule has 5 nitrogen and oxygen atoms in total. The number of carbonyl (C=O) groups is 1. The van der Waals surface area contributed by atoms with E-state index in [-0.39, 0.29) is 69.7 Å². The van der Waals surface area contributed by atoms with Gasteiger partial charge in [-0.05, 0) is 0 Å². The summed E-state index contributed by atoms with van der Waals surface area (Å²) in [5.41, 5.74) is 1.60. The van der Waals surface area contributed by atoms with Gasteiger partial charge in [0.15, 0.2) is 0 Å². The van der Waals surface area contributed by atoms with Gasteiger partial charge in [-0.3, -0.25) is 0 Å². The van der Waals surface area contributed by atoms with Crippen LogP contribution in [0.25, 0.3) is 0 Å². The SMILES string of the molecule is O=C1OC2(c3c[c]([Hg])c(O)cc3Oc3cc(O)[c]([Hg])cc32)c2ccccc21. The molecule has 0 aliphatic carbocycles. The van der Waals surface area contributed by atoms with E-state index in [1.54, 1.807) is 18.2 Å². The summed E-state index contributed by atoms with van der Waals surface area (Å²) in [5.74, 6) is 0.846. The Balaban J connectivity index is 1.94. The summed E-state index contributed by atoms with van der Waals surface area (Å²) in [4.78, 5) is 12.7. The number of phenolic OH excluding ortho intramolecular Hbond substituents is 2. The maximum absolute atomic E-state index is 12.7. The minimum atomic E-state index is -1.12. The van der Waals surface area contributed by atoms with E-state index < -0.39 is 5.60 Å². The number of benzene rings is 3. The molecule has 27 heavy (non-hydrogen) atoms. The Kier molecular flexibility index (Phi) is 3.85. The fraction of sp³-hybridized carbons (Fsp3) is 0.0500. The molecule has 7 heteroatoms. The van der Waals surface area contributed by atoms with Crippen LogP contribution in [0.5, 0.6) is 23.0 Å². The van der Waals surface area contributed by atoms with E-state index in [2.05, 4.69) is 0 Å². The fourth-order valence-corrected chi connectivity index (χ4v) is 6.21. The normalized spacial score (nSPS) is 15.6. The second kappa shape index (κ2) is 5.95. The van der Waals surface area contributed by atoms with Gasteiger partial charge in [0.25, 0.3) is 0 Å². The standard InChI is InChI=1S/C20H10O5.2Hg/c21-11-5-7-15-17(9-11)24-18-10-12(22)6-8-16(18)20(15)14-4-2-1-3-13(14)19(23)25-20;;/h1-4,7-10,21-22H;;.